The van der Waals surface area contributed by atoms with E-state index in [1.165, 1.54) is 6.07 Å². The van der Waals surface area contributed by atoms with Crippen molar-refractivity contribution < 1.29 is 17.9 Å². The van der Waals surface area contributed by atoms with E-state index in [-0.39, 0.29) is 17.2 Å². The lowest BCUT2D eigenvalue weighted by atomic mass is 10.1. The Balaban J connectivity index is 1.61. The molecule has 7 heteroatoms. The number of carbonyl (C=O) groups excluding carboxylic acids is 1. The third kappa shape index (κ3) is 2.89. The molecule has 1 heterocycles. The van der Waals surface area contributed by atoms with Crippen LogP contribution < -0.4 is 14.8 Å². The largest absolute Gasteiger partial charge is 0.497 e. The Hall–Kier alpha value is -2.38. The van der Waals surface area contributed by atoms with Crippen LogP contribution in [0.25, 0.3) is 0 Å². The predicted octanol–water partition coefficient (Wildman–Crippen LogP) is 2.16. The molecule has 6 nitrogen and oxygen atoms in total. The van der Waals surface area contributed by atoms with Gasteiger partial charge in [0.25, 0.3) is 0 Å². The first-order chi connectivity index (χ1) is 11.9. The highest BCUT2D eigenvalue weighted by Crippen LogP contribution is 2.47. The number of hydrogen-bond donors (Lipinski definition) is 2. The Morgan fingerprint density at radius 1 is 1.12 bits per heavy atom. The van der Waals surface area contributed by atoms with Gasteiger partial charge >= 0.3 is 0 Å². The molecule has 0 atom stereocenters. The highest BCUT2D eigenvalue weighted by atomic mass is 32.2. The summed E-state index contributed by atoms with van der Waals surface area (Å²) in [4.78, 5) is 11.6. The molecule has 2 aromatic carbocycles. The van der Waals surface area contributed by atoms with Gasteiger partial charge in [-0.2, -0.15) is 0 Å². The van der Waals surface area contributed by atoms with Crippen LogP contribution in [-0.2, 0) is 26.8 Å². The van der Waals surface area contributed by atoms with Crippen LogP contribution in [0.1, 0.15) is 24.0 Å². The SMILES string of the molecule is COc1ccc(C2(NS(=O)(=O)c3ccc4c(c3)CC(=O)N4)CC2)cc1. The third-order valence-corrected chi connectivity index (χ3v) is 6.27. The summed E-state index contributed by atoms with van der Waals surface area (Å²) in [6, 6.07) is 12.2. The smallest absolute Gasteiger partial charge is 0.241 e. The predicted molar refractivity (Wildman–Crippen MR) is 93.0 cm³/mol. The molecule has 25 heavy (non-hydrogen) atoms. The summed E-state index contributed by atoms with van der Waals surface area (Å²) in [6.45, 7) is 0. The van der Waals surface area contributed by atoms with Crippen molar-refractivity contribution >= 4 is 21.6 Å². The van der Waals surface area contributed by atoms with E-state index in [1.54, 1.807) is 19.2 Å². The number of hydrogen-bond acceptors (Lipinski definition) is 4. The number of sulfonamides is 1. The van der Waals surface area contributed by atoms with Gasteiger partial charge in [-0.25, -0.2) is 13.1 Å². The first-order valence-electron chi connectivity index (χ1n) is 8.03. The van der Waals surface area contributed by atoms with E-state index < -0.39 is 15.6 Å². The Morgan fingerprint density at radius 2 is 1.84 bits per heavy atom. The van der Waals surface area contributed by atoms with E-state index in [1.807, 2.05) is 24.3 Å². The highest BCUT2D eigenvalue weighted by Gasteiger charge is 2.47. The maximum atomic E-state index is 12.8. The molecule has 0 spiro atoms. The Kier molecular flexibility index (Phi) is 3.59. The van der Waals surface area contributed by atoms with Crippen molar-refractivity contribution in [2.45, 2.75) is 29.7 Å². The number of benzene rings is 2. The average Bonchev–Trinajstić information content (AvgIpc) is 3.26. The molecule has 1 amide bonds. The summed E-state index contributed by atoms with van der Waals surface area (Å²) in [6.07, 6.45) is 1.72. The molecule has 2 aliphatic rings. The van der Waals surface area contributed by atoms with Crippen LogP contribution in [0.3, 0.4) is 0 Å². The van der Waals surface area contributed by atoms with E-state index >= 15 is 0 Å². The molecule has 1 fully saturated rings. The van der Waals surface area contributed by atoms with E-state index in [4.69, 9.17) is 4.74 Å². The fourth-order valence-electron chi connectivity index (χ4n) is 3.17. The molecule has 0 saturated heterocycles. The zero-order valence-corrected chi connectivity index (χ0v) is 14.5. The minimum atomic E-state index is -3.68. The van der Waals surface area contributed by atoms with E-state index in [0.29, 0.717) is 11.3 Å². The minimum absolute atomic E-state index is 0.116. The van der Waals surface area contributed by atoms with Gasteiger partial charge in [-0.05, 0) is 54.3 Å². The fraction of sp³-hybridized carbons (Fsp3) is 0.278. The van der Waals surface area contributed by atoms with Crippen LogP contribution >= 0.6 is 0 Å². The summed E-state index contributed by atoms with van der Waals surface area (Å²) < 4.78 is 33.6. The van der Waals surface area contributed by atoms with Crippen molar-refractivity contribution in [3.05, 3.63) is 53.6 Å². The van der Waals surface area contributed by atoms with Crippen LogP contribution in [0.2, 0.25) is 0 Å². The topological polar surface area (TPSA) is 84.5 Å². The van der Waals surface area contributed by atoms with Crippen molar-refractivity contribution in [2.24, 2.45) is 0 Å². The zero-order valence-electron chi connectivity index (χ0n) is 13.7. The van der Waals surface area contributed by atoms with Crippen LogP contribution in [0.15, 0.2) is 47.4 Å². The van der Waals surface area contributed by atoms with Crippen molar-refractivity contribution in [2.75, 3.05) is 12.4 Å². The normalized spacial score (nSPS) is 17.7. The van der Waals surface area contributed by atoms with Crippen LogP contribution in [-0.4, -0.2) is 21.4 Å². The van der Waals surface area contributed by atoms with Crippen LogP contribution in [0.5, 0.6) is 5.75 Å². The van der Waals surface area contributed by atoms with Gasteiger partial charge in [0.1, 0.15) is 5.75 Å². The molecule has 0 aromatic heterocycles. The summed E-state index contributed by atoms with van der Waals surface area (Å²) in [7, 11) is -2.08. The lowest BCUT2D eigenvalue weighted by Gasteiger charge is -2.18. The fourth-order valence-corrected chi connectivity index (χ4v) is 4.67. The lowest BCUT2D eigenvalue weighted by molar-refractivity contribution is -0.115. The van der Waals surface area contributed by atoms with Gasteiger partial charge in [0, 0.05) is 5.69 Å². The van der Waals surface area contributed by atoms with Gasteiger partial charge in [-0.3, -0.25) is 4.79 Å². The monoisotopic (exact) mass is 358 g/mol. The average molecular weight is 358 g/mol. The number of carbonyl (C=O) groups is 1. The standard InChI is InChI=1S/C18H18N2O4S/c1-24-14-4-2-13(3-5-14)18(8-9-18)20-25(22,23)15-6-7-16-12(10-15)11-17(21)19-16/h2-7,10,20H,8-9,11H2,1H3,(H,19,21). The molecule has 2 N–H and O–H groups in total. The molecular formula is C18H18N2O4S. The van der Waals surface area contributed by atoms with Gasteiger partial charge in [-0.1, -0.05) is 12.1 Å². The van der Waals surface area contributed by atoms with Gasteiger partial charge in [0.2, 0.25) is 15.9 Å². The number of anilines is 1. The molecule has 0 radical (unpaired) electrons. The van der Waals surface area contributed by atoms with Crippen molar-refractivity contribution in [3.63, 3.8) is 0 Å². The summed E-state index contributed by atoms with van der Waals surface area (Å²) in [5, 5.41) is 2.71. The van der Waals surface area contributed by atoms with Gasteiger partial charge < -0.3 is 10.1 Å². The number of fused-ring (bicyclic) bond motifs is 1. The zero-order chi connectivity index (χ0) is 17.7. The molecular weight excluding hydrogens is 340 g/mol. The molecule has 2 aromatic rings. The molecule has 1 aliphatic carbocycles. The van der Waals surface area contributed by atoms with Crippen molar-refractivity contribution in [3.8, 4) is 5.75 Å². The maximum Gasteiger partial charge on any atom is 0.241 e. The maximum absolute atomic E-state index is 12.8. The first-order valence-corrected chi connectivity index (χ1v) is 9.51. The van der Waals surface area contributed by atoms with Gasteiger partial charge in [0.15, 0.2) is 0 Å². The molecule has 1 aliphatic heterocycles. The summed E-state index contributed by atoms with van der Waals surface area (Å²) >= 11 is 0. The second kappa shape index (κ2) is 5.57. The molecule has 1 saturated carbocycles. The number of amides is 1. The van der Waals surface area contributed by atoms with Crippen LogP contribution in [0.4, 0.5) is 5.69 Å². The summed E-state index contributed by atoms with van der Waals surface area (Å²) in [5.74, 6) is 0.618. The highest BCUT2D eigenvalue weighted by molar-refractivity contribution is 7.89. The molecule has 0 unspecified atom stereocenters. The quantitative estimate of drug-likeness (QED) is 0.858. The Morgan fingerprint density at radius 3 is 2.48 bits per heavy atom. The van der Waals surface area contributed by atoms with E-state index in [2.05, 4.69) is 10.0 Å². The molecule has 130 valence electrons. The van der Waals surface area contributed by atoms with Crippen molar-refractivity contribution in [1.29, 1.82) is 0 Å². The van der Waals surface area contributed by atoms with Crippen LogP contribution in [0, 0.1) is 0 Å². The van der Waals surface area contributed by atoms with Gasteiger partial charge in [-0.15, -0.1) is 0 Å². The second-order valence-corrected chi connectivity index (χ2v) is 8.14. The lowest BCUT2D eigenvalue weighted by Crippen LogP contribution is -2.34. The Labute approximate surface area is 146 Å². The molecule has 4 rings (SSSR count). The minimum Gasteiger partial charge on any atom is -0.497 e. The number of ether oxygens (including phenoxy) is 1. The van der Waals surface area contributed by atoms with Gasteiger partial charge in [0.05, 0.1) is 24.0 Å². The number of nitrogens with one attached hydrogen (secondary N) is 2. The summed E-state index contributed by atoms with van der Waals surface area (Å²) in [5.41, 5.74) is 1.76. The number of rotatable bonds is 5. The second-order valence-electron chi connectivity index (χ2n) is 6.46. The van der Waals surface area contributed by atoms with Crippen molar-refractivity contribution in [1.82, 2.24) is 4.72 Å². The first kappa shape index (κ1) is 16.1. The third-order valence-electron chi connectivity index (χ3n) is 4.73. The number of methoxy groups -OCH3 is 1. The molecule has 0 bridgehead atoms. The Bertz CT molecular complexity index is 948. The van der Waals surface area contributed by atoms with E-state index in [9.17, 15) is 13.2 Å². The van der Waals surface area contributed by atoms with E-state index in [0.717, 1.165) is 24.2 Å².